The first-order valence-electron chi connectivity index (χ1n) is 15.1. The molecule has 5 nitrogen and oxygen atoms in total. The summed E-state index contributed by atoms with van der Waals surface area (Å²) in [6.45, 7) is 0. The molecule has 10 rings (SSSR count). The Morgan fingerprint density at radius 2 is 1.27 bits per heavy atom. The minimum Gasteiger partial charge on any atom is -0.299 e. The summed E-state index contributed by atoms with van der Waals surface area (Å²) in [5, 5.41) is 9.27. The van der Waals surface area contributed by atoms with E-state index >= 15 is 0 Å². The zero-order valence-electron chi connectivity index (χ0n) is 24.0. The van der Waals surface area contributed by atoms with Crippen LogP contribution in [0.1, 0.15) is 0 Å². The van der Waals surface area contributed by atoms with Crippen LogP contribution in [0.15, 0.2) is 140 Å². The summed E-state index contributed by atoms with van der Waals surface area (Å²) in [6, 6.07) is 44.4. The van der Waals surface area contributed by atoms with Gasteiger partial charge in [-0.25, -0.2) is 15.0 Å². The van der Waals surface area contributed by atoms with Crippen LogP contribution in [0.5, 0.6) is 0 Å². The van der Waals surface area contributed by atoms with E-state index in [9.17, 15) is 0 Å². The van der Waals surface area contributed by atoms with E-state index in [0.717, 1.165) is 77.3 Å². The average molecular weight is 574 g/mol. The van der Waals surface area contributed by atoms with E-state index in [0.29, 0.717) is 0 Å². The van der Waals surface area contributed by atoms with Crippen LogP contribution in [-0.2, 0) is 0 Å². The third-order valence-corrected chi connectivity index (χ3v) is 9.00. The molecule has 5 heteroatoms. The van der Waals surface area contributed by atoms with E-state index in [1.54, 1.807) is 0 Å². The van der Waals surface area contributed by atoms with Gasteiger partial charge in [0.25, 0.3) is 0 Å². The number of pyridine rings is 2. The Bertz CT molecular complexity index is 2820. The number of hydrogen-bond acceptors (Lipinski definition) is 4. The van der Waals surface area contributed by atoms with E-state index in [4.69, 9.17) is 19.9 Å². The molecular formula is C40H23N5. The second-order valence-electron chi connectivity index (χ2n) is 11.5. The molecule has 0 aliphatic carbocycles. The van der Waals surface area contributed by atoms with Crippen molar-refractivity contribution in [3.8, 4) is 22.6 Å². The fraction of sp³-hybridized carbons (Fsp3) is 0. The molecule has 6 aromatic carbocycles. The van der Waals surface area contributed by atoms with Gasteiger partial charge in [0, 0.05) is 34.1 Å². The minimum absolute atomic E-state index is 0.766. The van der Waals surface area contributed by atoms with Crippen LogP contribution in [0.25, 0.3) is 93.4 Å². The van der Waals surface area contributed by atoms with Crippen molar-refractivity contribution in [2.75, 3.05) is 0 Å². The summed E-state index contributed by atoms with van der Waals surface area (Å²) in [6.07, 6.45) is 3.91. The van der Waals surface area contributed by atoms with Gasteiger partial charge in [-0.3, -0.25) is 9.38 Å². The van der Waals surface area contributed by atoms with Crippen LogP contribution >= 0.6 is 0 Å². The van der Waals surface area contributed by atoms with Crippen molar-refractivity contribution >= 4 is 70.8 Å². The molecule has 0 aliphatic heterocycles. The standard InChI is InChI=1S/C40H23N5/c1-3-11-27-24(9-1)15-19-30-35(27)31-23-26(16-18-29(31)40-38(30)43-34-14-6-8-22-45(34)40)36-39(32-13-5-7-21-41-32)42-33-20-17-25-10-2-4-12-28(25)37(33)44-36/h1-23H. The Morgan fingerprint density at radius 3 is 2.16 bits per heavy atom. The van der Waals surface area contributed by atoms with Crippen molar-refractivity contribution < 1.29 is 0 Å². The summed E-state index contributed by atoms with van der Waals surface area (Å²) in [5.41, 5.74) is 8.15. The number of aromatic nitrogens is 5. The van der Waals surface area contributed by atoms with E-state index in [1.807, 2.05) is 30.5 Å². The SMILES string of the molecule is c1ccc(-c2nc3ccc4ccccc4c3nc2-c2ccc3c(c2)c2c4ccccc4ccc2c2nc4ccccn4c32)nc1. The zero-order valence-corrected chi connectivity index (χ0v) is 24.0. The molecule has 208 valence electrons. The third-order valence-electron chi connectivity index (χ3n) is 9.00. The first-order chi connectivity index (χ1) is 22.3. The van der Waals surface area contributed by atoms with Gasteiger partial charge in [-0.1, -0.05) is 91.0 Å². The Hall–Kier alpha value is -6.20. The van der Waals surface area contributed by atoms with Crippen LogP contribution < -0.4 is 0 Å². The summed E-state index contributed by atoms with van der Waals surface area (Å²) in [7, 11) is 0. The van der Waals surface area contributed by atoms with Gasteiger partial charge in [0.05, 0.1) is 33.5 Å². The maximum Gasteiger partial charge on any atom is 0.137 e. The summed E-state index contributed by atoms with van der Waals surface area (Å²) >= 11 is 0. The van der Waals surface area contributed by atoms with Gasteiger partial charge in [0.2, 0.25) is 0 Å². The summed E-state index contributed by atoms with van der Waals surface area (Å²) in [4.78, 5) is 20.4. The van der Waals surface area contributed by atoms with Crippen molar-refractivity contribution in [1.29, 1.82) is 0 Å². The fourth-order valence-electron chi connectivity index (χ4n) is 6.98. The number of benzene rings is 6. The van der Waals surface area contributed by atoms with Gasteiger partial charge in [-0.05, 0) is 63.3 Å². The lowest BCUT2D eigenvalue weighted by molar-refractivity contribution is 1.23. The van der Waals surface area contributed by atoms with Crippen LogP contribution in [0, 0.1) is 0 Å². The molecule has 0 aliphatic rings. The highest BCUT2D eigenvalue weighted by molar-refractivity contribution is 6.31. The largest absolute Gasteiger partial charge is 0.299 e. The van der Waals surface area contributed by atoms with Gasteiger partial charge in [0.15, 0.2) is 0 Å². The molecule has 4 heterocycles. The smallest absolute Gasteiger partial charge is 0.137 e. The number of rotatable bonds is 2. The molecule has 0 unspecified atom stereocenters. The van der Waals surface area contributed by atoms with Gasteiger partial charge in [-0.2, -0.15) is 0 Å². The second-order valence-corrected chi connectivity index (χ2v) is 11.5. The monoisotopic (exact) mass is 573 g/mol. The van der Waals surface area contributed by atoms with E-state index in [-0.39, 0.29) is 0 Å². The lowest BCUT2D eigenvalue weighted by Gasteiger charge is -2.14. The first kappa shape index (κ1) is 24.3. The Balaban J connectivity index is 1.38. The molecule has 0 bridgehead atoms. The molecule has 0 N–H and O–H groups in total. The quantitative estimate of drug-likeness (QED) is 0.193. The maximum atomic E-state index is 5.38. The Morgan fingerprint density at radius 1 is 0.489 bits per heavy atom. The van der Waals surface area contributed by atoms with E-state index in [1.165, 1.54) is 16.2 Å². The van der Waals surface area contributed by atoms with Crippen molar-refractivity contribution in [2.45, 2.75) is 0 Å². The Labute approximate surface area is 257 Å². The molecule has 0 saturated carbocycles. The van der Waals surface area contributed by atoms with Crippen LogP contribution in [0.4, 0.5) is 0 Å². The van der Waals surface area contributed by atoms with Gasteiger partial charge < -0.3 is 0 Å². The lowest BCUT2D eigenvalue weighted by Crippen LogP contribution is -1.98. The molecule has 45 heavy (non-hydrogen) atoms. The van der Waals surface area contributed by atoms with E-state index in [2.05, 4.69) is 114 Å². The van der Waals surface area contributed by atoms with Crippen LogP contribution in [0.2, 0.25) is 0 Å². The first-order valence-corrected chi connectivity index (χ1v) is 15.1. The van der Waals surface area contributed by atoms with Crippen molar-refractivity contribution in [3.63, 3.8) is 0 Å². The lowest BCUT2D eigenvalue weighted by atomic mass is 9.93. The van der Waals surface area contributed by atoms with Crippen molar-refractivity contribution in [3.05, 3.63) is 140 Å². The van der Waals surface area contributed by atoms with E-state index < -0.39 is 0 Å². The van der Waals surface area contributed by atoms with Crippen molar-refractivity contribution in [2.24, 2.45) is 0 Å². The molecule has 10 aromatic rings. The second kappa shape index (κ2) is 9.15. The number of hydrogen-bond donors (Lipinski definition) is 0. The fourth-order valence-corrected chi connectivity index (χ4v) is 6.98. The van der Waals surface area contributed by atoms with Gasteiger partial charge in [-0.15, -0.1) is 0 Å². The van der Waals surface area contributed by atoms with Crippen LogP contribution in [0.3, 0.4) is 0 Å². The summed E-state index contributed by atoms with van der Waals surface area (Å²) < 4.78 is 2.20. The number of fused-ring (bicyclic) bond motifs is 13. The predicted octanol–water partition coefficient (Wildman–Crippen LogP) is 9.77. The number of imidazole rings is 1. The van der Waals surface area contributed by atoms with Crippen molar-refractivity contribution in [1.82, 2.24) is 24.3 Å². The molecule has 0 saturated heterocycles. The molecule has 0 spiro atoms. The number of nitrogens with zero attached hydrogens (tertiary/aromatic N) is 5. The third kappa shape index (κ3) is 3.49. The zero-order chi connectivity index (χ0) is 29.5. The molecule has 0 radical (unpaired) electrons. The molecule has 0 amide bonds. The van der Waals surface area contributed by atoms with Gasteiger partial charge >= 0.3 is 0 Å². The highest BCUT2D eigenvalue weighted by Crippen LogP contribution is 2.41. The van der Waals surface area contributed by atoms with Crippen LogP contribution in [-0.4, -0.2) is 24.3 Å². The minimum atomic E-state index is 0.766. The molecule has 4 aromatic heterocycles. The average Bonchev–Trinajstić information content (AvgIpc) is 3.51. The molecule has 0 atom stereocenters. The maximum absolute atomic E-state index is 5.38. The molecular weight excluding hydrogens is 550 g/mol. The predicted molar refractivity (Wildman–Crippen MR) is 184 cm³/mol. The topological polar surface area (TPSA) is 56.0 Å². The normalized spacial score (nSPS) is 12.0. The van der Waals surface area contributed by atoms with Gasteiger partial charge in [0.1, 0.15) is 11.3 Å². The highest BCUT2D eigenvalue weighted by Gasteiger charge is 2.20. The molecule has 0 fully saturated rings. The Kier molecular flexibility index (Phi) is 4.93. The summed E-state index contributed by atoms with van der Waals surface area (Å²) in [5.74, 6) is 0. The highest BCUT2D eigenvalue weighted by atomic mass is 15.0.